The second kappa shape index (κ2) is 6.74. The van der Waals surface area contributed by atoms with Gasteiger partial charge in [-0.3, -0.25) is 4.90 Å². The van der Waals surface area contributed by atoms with Gasteiger partial charge >= 0.3 is 0 Å². The van der Waals surface area contributed by atoms with E-state index in [1.54, 1.807) is 0 Å². The summed E-state index contributed by atoms with van der Waals surface area (Å²) in [5.41, 5.74) is 1.88. The van der Waals surface area contributed by atoms with Crippen LogP contribution in [0.25, 0.3) is 0 Å². The molecule has 0 atom stereocenters. The van der Waals surface area contributed by atoms with Crippen molar-refractivity contribution in [3.05, 3.63) is 106 Å². The Morgan fingerprint density at radius 1 is 0.760 bits per heavy atom. The molecule has 3 aromatic carbocycles. The van der Waals surface area contributed by atoms with Crippen molar-refractivity contribution in [1.82, 2.24) is 4.90 Å². The number of halogens is 2. The Labute approximate surface area is 156 Å². The maximum Gasteiger partial charge on any atom is 0.161 e. The molecule has 1 fully saturated rings. The first-order chi connectivity index (χ1) is 12.2. The topological polar surface area (TPSA) is 3.24 Å². The molecule has 0 radical (unpaired) electrons. The Morgan fingerprint density at radius 3 is 1.72 bits per heavy atom. The van der Waals surface area contributed by atoms with E-state index < -0.39 is 5.67 Å². The molecule has 25 heavy (non-hydrogen) atoms. The summed E-state index contributed by atoms with van der Waals surface area (Å²) in [4.78, 5) is 2.21. The first kappa shape index (κ1) is 16.5. The van der Waals surface area contributed by atoms with Gasteiger partial charge in [0.25, 0.3) is 0 Å². The van der Waals surface area contributed by atoms with Crippen molar-refractivity contribution < 1.29 is 4.39 Å². The van der Waals surface area contributed by atoms with Crippen molar-refractivity contribution >= 4 is 15.9 Å². The van der Waals surface area contributed by atoms with Crippen LogP contribution in [0.15, 0.2) is 89.4 Å². The van der Waals surface area contributed by atoms with Crippen LogP contribution in [0.1, 0.15) is 22.7 Å². The monoisotopic (exact) mass is 395 g/mol. The van der Waals surface area contributed by atoms with Crippen molar-refractivity contribution in [3.63, 3.8) is 0 Å². The summed E-state index contributed by atoms with van der Waals surface area (Å²) < 4.78 is 16.3. The third-order valence-electron chi connectivity index (χ3n) is 4.86. The summed E-state index contributed by atoms with van der Waals surface area (Å²) in [6, 6.07) is 28.3. The Bertz CT molecular complexity index is 787. The van der Waals surface area contributed by atoms with Crippen LogP contribution in [0, 0.1) is 0 Å². The van der Waals surface area contributed by atoms with Gasteiger partial charge in [0.1, 0.15) is 0 Å². The molecule has 1 heterocycles. The molecule has 1 aliphatic rings. The van der Waals surface area contributed by atoms with Gasteiger partial charge in [0, 0.05) is 17.6 Å². The smallest absolute Gasteiger partial charge is 0.161 e. The lowest BCUT2D eigenvalue weighted by Gasteiger charge is -2.49. The molecule has 1 saturated heterocycles. The minimum atomic E-state index is -1.28. The molecule has 0 bridgehead atoms. The van der Waals surface area contributed by atoms with Crippen LogP contribution >= 0.6 is 15.9 Å². The second-order valence-corrected chi connectivity index (χ2v) is 7.52. The Hall–Kier alpha value is -1.97. The fraction of sp³-hybridized carbons (Fsp3) is 0.182. The minimum Gasteiger partial charge on any atom is -0.285 e. The summed E-state index contributed by atoms with van der Waals surface area (Å²) in [7, 11) is 0. The highest BCUT2D eigenvalue weighted by Crippen LogP contribution is 2.43. The molecule has 0 N–H and O–H groups in total. The molecular formula is C22H19BrFN. The molecule has 1 aliphatic heterocycles. The van der Waals surface area contributed by atoms with Crippen LogP contribution in [-0.2, 0) is 5.67 Å². The number of hydrogen-bond donors (Lipinski definition) is 0. The summed E-state index contributed by atoms with van der Waals surface area (Å²) >= 11 is 3.42. The highest BCUT2D eigenvalue weighted by atomic mass is 79.9. The molecule has 3 aromatic rings. The van der Waals surface area contributed by atoms with Crippen LogP contribution in [0.2, 0.25) is 0 Å². The number of likely N-dealkylation sites (tertiary alicyclic amines) is 1. The first-order valence-electron chi connectivity index (χ1n) is 8.45. The summed E-state index contributed by atoms with van der Waals surface area (Å²) in [6.07, 6.45) is 0. The first-order valence-corrected chi connectivity index (χ1v) is 9.24. The average Bonchev–Trinajstić information content (AvgIpc) is 2.63. The third-order valence-corrected chi connectivity index (χ3v) is 5.39. The molecule has 0 unspecified atom stereocenters. The molecule has 0 amide bonds. The zero-order valence-corrected chi connectivity index (χ0v) is 15.4. The Balaban J connectivity index is 1.61. The lowest BCUT2D eigenvalue weighted by Crippen LogP contribution is -2.57. The molecule has 0 aromatic heterocycles. The molecule has 1 nitrogen and oxygen atoms in total. The average molecular weight is 396 g/mol. The van der Waals surface area contributed by atoms with E-state index in [9.17, 15) is 0 Å². The van der Waals surface area contributed by atoms with Gasteiger partial charge in [-0.2, -0.15) is 0 Å². The van der Waals surface area contributed by atoms with Crippen LogP contribution in [0.5, 0.6) is 0 Å². The third kappa shape index (κ3) is 3.26. The van der Waals surface area contributed by atoms with E-state index in [0.717, 1.165) is 10.0 Å². The van der Waals surface area contributed by atoms with E-state index in [1.807, 2.05) is 60.7 Å². The SMILES string of the molecule is FC1(c2ccc(Br)cc2)CN(C(c2ccccc2)c2ccccc2)C1. The zero-order chi connectivity index (χ0) is 17.3. The number of alkyl halides is 1. The van der Waals surface area contributed by atoms with Crippen LogP contribution in [0.4, 0.5) is 4.39 Å². The van der Waals surface area contributed by atoms with Crippen LogP contribution in [0.3, 0.4) is 0 Å². The standard InChI is InChI=1S/C22H19BrFN/c23-20-13-11-19(12-14-20)22(24)15-25(16-22)21(17-7-3-1-4-8-17)18-9-5-2-6-10-18/h1-14,21H,15-16H2. The van der Waals surface area contributed by atoms with Crippen molar-refractivity contribution in [1.29, 1.82) is 0 Å². The van der Waals surface area contributed by atoms with Gasteiger partial charge < -0.3 is 0 Å². The van der Waals surface area contributed by atoms with Crippen molar-refractivity contribution in [2.75, 3.05) is 13.1 Å². The molecule has 3 heteroatoms. The maximum absolute atomic E-state index is 15.4. The van der Waals surface area contributed by atoms with Crippen LogP contribution in [-0.4, -0.2) is 18.0 Å². The Kier molecular flexibility index (Phi) is 4.45. The predicted octanol–water partition coefficient (Wildman–Crippen LogP) is 5.72. The Morgan fingerprint density at radius 2 is 1.24 bits per heavy atom. The second-order valence-electron chi connectivity index (χ2n) is 6.60. The summed E-state index contributed by atoms with van der Waals surface area (Å²) in [5.74, 6) is 0. The highest BCUT2D eigenvalue weighted by Gasteiger charge is 2.47. The van der Waals surface area contributed by atoms with Gasteiger partial charge in [-0.1, -0.05) is 88.7 Å². The van der Waals surface area contributed by atoms with Gasteiger partial charge in [0.15, 0.2) is 5.67 Å². The van der Waals surface area contributed by atoms with Gasteiger partial charge in [-0.15, -0.1) is 0 Å². The van der Waals surface area contributed by atoms with Crippen LogP contribution < -0.4 is 0 Å². The lowest BCUT2D eigenvalue weighted by atomic mass is 9.84. The summed E-state index contributed by atoms with van der Waals surface area (Å²) in [5, 5.41) is 0. The molecule has 0 spiro atoms. The van der Waals surface area contributed by atoms with Gasteiger partial charge in [0.2, 0.25) is 0 Å². The van der Waals surface area contributed by atoms with E-state index in [0.29, 0.717) is 13.1 Å². The van der Waals surface area contributed by atoms with Gasteiger partial charge in [0.05, 0.1) is 6.04 Å². The fourth-order valence-electron chi connectivity index (χ4n) is 3.60. The predicted molar refractivity (Wildman–Crippen MR) is 103 cm³/mol. The van der Waals surface area contributed by atoms with Crippen molar-refractivity contribution in [2.24, 2.45) is 0 Å². The van der Waals surface area contributed by atoms with Crippen molar-refractivity contribution in [3.8, 4) is 0 Å². The molecule has 0 saturated carbocycles. The highest BCUT2D eigenvalue weighted by molar-refractivity contribution is 9.10. The van der Waals surface area contributed by atoms with Gasteiger partial charge in [-0.05, 0) is 28.8 Å². The number of rotatable bonds is 4. The fourth-order valence-corrected chi connectivity index (χ4v) is 3.86. The minimum absolute atomic E-state index is 0.0849. The molecule has 126 valence electrons. The van der Waals surface area contributed by atoms with E-state index in [2.05, 4.69) is 45.1 Å². The molecule has 4 rings (SSSR count). The summed E-state index contributed by atoms with van der Waals surface area (Å²) in [6.45, 7) is 0.812. The normalized spacial score (nSPS) is 16.6. The lowest BCUT2D eigenvalue weighted by molar-refractivity contribution is -0.0542. The number of nitrogens with zero attached hydrogens (tertiary/aromatic N) is 1. The molecular weight excluding hydrogens is 377 g/mol. The maximum atomic E-state index is 15.4. The number of benzene rings is 3. The molecule has 0 aliphatic carbocycles. The quantitative estimate of drug-likeness (QED) is 0.545. The van der Waals surface area contributed by atoms with E-state index >= 15 is 4.39 Å². The van der Waals surface area contributed by atoms with E-state index in [1.165, 1.54) is 11.1 Å². The largest absolute Gasteiger partial charge is 0.285 e. The van der Waals surface area contributed by atoms with Gasteiger partial charge in [-0.25, -0.2) is 4.39 Å². The number of hydrogen-bond acceptors (Lipinski definition) is 1. The zero-order valence-electron chi connectivity index (χ0n) is 13.8. The van der Waals surface area contributed by atoms with Crippen molar-refractivity contribution in [2.45, 2.75) is 11.7 Å². The van der Waals surface area contributed by atoms with E-state index in [4.69, 9.17) is 0 Å². The van der Waals surface area contributed by atoms with E-state index in [-0.39, 0.29) is 6.04 Å².